The van der Waals surface area contributed by atoms with Crippen molar-refractivity contribution in [1.29, 1.82) is 0 Å². The minimum absolute atomic E-state index is 0.494. The lowest BCUT2D eigenvalue weighted by molar-refractivity contribution is 0.462. The first-order chi connectivity index (χ1) is 6.27. The van der Waals surface area contributed by atoms with Crippen LogP contribution in [-0.2, 0) is 6.54 Å². The standard InChI is InChI=1S/C9H13N3S/c10-9(13)4-7-2-1-3-12-6-11-5-8(7)12/h5-7H,1-4H2,(H2,10,13). The quantitative estimate of drug-likeness (QED) is 0.726. The van der Waals surface area contributed by atoms with Gasteiger partial charge in [0.2, 0.25) is 0 Å². The minimum atomic E-state index is 0.494. The number of rotatable bonds is 2. The molecule has 1 aromatic heterocycles. The third-order valence-corrected chi connectivity index (χ3v) is 2.73. The van der Waals surface area contributed by atoms with Crippen LogP contribution in [0.1, 0.15) is 30.9 Å². The highest BCUT2D eigenvalue weighted by Gasteiger charge is 2.20. The van der Waals surface area contributed by atoms with E-state index in [0.717, 1.165) is 13.0 Å². The van der Waals surface area contributed by atoms with Gasteiger partial charge in [-0.15, -0.1) is 0 Å². The van der Waals surface area contributed by atoms with Crippen LogP contribution in [0.25, 0.3) is 0 Å². The summed E-state index contributed by atoms with van der Waals surface area (Å²) < 4.78 is 2.20. The molecule has 1 aliphatic rings. The molecule has 0 aromatic carbocycles. The largest absolute Gasteiger partial charge is 0.393 e. The van der Waals surface area contributed by atoms with Crippen LogP contribution >= 0.6 is 12.2 Å². The lowest BCUT2D eigenvalue weighted by Gasteiger charge is -2.23. The number of thiocarbonyl (C=S) groups is 1. The second kappa shape index (κ2) is 3.46. The summed E-state index contributed by atoms with van der Waals surface area (Å²) in [6.07, 6.45) is 7.03. The highest BCUT2D eigenvalue weighted by molar-refractivity contribution is 7.80. The van der Waals surface area contributed by atoms with Crippen molar-refractivity contribution in [3.05, 3.63) is 18.2 Å². The normalized spacial score (nSPS) is 21.1. The molecule has 0 bridgehead atoms. The molecule has 2 heterocycles. The number of nitrogens with two attached hydrogens (primary N) is 1. The van der Waals surface area contributed by atoms with E-state index in [1.807, 2.05) is 12.5 Å². The van der Waals surface area contributed by atoms with Gasteiger partial charge in [-0.3, -0.25) is 0 Å². The summed E-state index contributed by atoms with van der Waals surface area (Å²) in [6.45, 7) is 1.09. The number of aromatic nitrogens is 2. The maximum Gasteiger partial charge on any atom is 0.0948 e. The maximum absolute atomic E-state index is 5.55. The Morgan fingerprint density at radius 2 is 2.62 bits per heavy atom. The van der Waals surface area contributed by atoms with Crippen LogP contribution in [0.15, 0.2) is 12.5 Å². The summed E-state index contributed by atoms with van der Waals surface area (Å²) >= 11 is 4.93. The van der Waals surface area contributed by atoms with Crippen molar-refractivity contribution in [3.63, 3.8) is 0 Å². The highest BCUT2D eigenvalue weighted by atomic mass is 32.1. The van der Waals surface area contributed by atoms with E-state index in [1.165, 1.54) is 18.5 Å². The fraction of sp³-hybridized carbons (Fsp3) is 0.556. The Morgan fingerprint density at radius 3 is 3.38 bits per heavy atom. The van der Waals surface area contributed by atoms with E-state index in [9.17, 15) is 0 Å². The van der Waals surface area contributed by atoms with Gasteiger partial charge in [0, 0.05) is 30.8 Å². The number of imidazole rings is 1. The van der Waals surface area contributed by atoms with Crippen LogP contribution < -0.4 is 5.73 Å². The van der Waals surface area contributed by atoms with Crippen molar-refractivity contribution in [3.8, 4) is 0 Å². The lowest BCUT2D eigenvalue weighted by Crippen LogP contribution is -2.19. The first-order valence-electron chi connectivity index (χ1n) is 4.55. The van der Waals surface area contributed by atoms with Crippen molar-refractivity contribution in [2.24, 2.45) is 5.73 Å². The van der Waals surface area contributed by atoms with Crippen LogP contribution in [0.3, 0.4) is 0 Å². The zero-order chi connectivity index (χ0) is 9.26. The van der Waals surface area contributed by atoms with Gasteiger partial charge in [0.15, 0.2) is 0 Å². The number of fused-ring (bicyclic) bond motifs is 1. The van der Waals surface area contributed by atoms with Gasteiger partial charge in [0.1, 0.15) is 0 Å². The number of hydrogen-bond acceptors (Lipinski definition) is 2. The number of hydrogen-bond donors (Lipinski definition) is 1. The van der Waals surface area contributed by atoms with E-state index in [-0.39, 0.29) is 0 Å². The molecule has 0 radical (unpaired) electrons. The smallest absolute Gasteiger partial charge is 0.0948 e. The monoisotopic (exact) mass is 195 g/mol. The number of nitrogens with zero attached hydrogens (tertiary/aromatic N) is 2. The van der Waals surface area contributed by atoms with Gasteiger partial charge in [-0.1, -0.05) is 12.2 Å². The van der Waals surface area contributed by atoms with Crippen LogP contribution in [0.2, 0.25) is 0 Å². The molecule has 3 nitrogen and oxygen atoms in total. The zero-order valence-electron chi connectivity index (χ0n) is 7.44. The Hall–Kier alpha value is -0.900. The van der Waals surface area contributed by atoms with Gasteiger partial charge in [-0.25, -0.2) is 4.98 Å². The van der Waals surface area contributed by atoms with Gasteiger partial charge in [-0.05, 0) is 12.8 Å². The Balaban J connectivity index is 2.20. The zero-order valence-corrected chi connectivity index (χ0v) is 8.26. The predicted octanol–water partition coefficient (Wildman–Crippen LogP) is 1.44. The third kappa shape index (κ3) is 1.72. The summed E-state index contributed by atoms with van der Waals surface area (Å²) in [7, 11) is 0. The second-order valence-corrected chi connectivity index (χ2v) is 4.05. The first kappa shape index (κ1) is 8.69. The Morgan fingerprint density at radius 1 is 1.77 bits per heavy atom. The summed E-state index contributed by atoms with van der Waals surface area (Å²) in [5.41, 5.74) is 6.84. The minimum Gasteiger partial charge on any atom is -0.393 e. The Kier molecular flexibility index (Phi) is 2.31. The molecule has 0 saturated carbocycles. The molecule has 1 unspecified atom stereocenters. The van der Waals surface area contributed by atoms with Gasteiger partial charge in [0.25, 0.3) is 0 Å². The summed E-state index contributed by atoms with van der Waals surface area (Å²) in [6, 6.07) is 0. The molecular formula is C9H13N3S. The third-order valence-electron chi connectivity index (χ3n) is 2.56. The van der Waals surface area contributed by atoms with Gasteiger partial charge in [0.05, 0.1) is 11.3 Å². The van der Waals surface area contributed by atoms with Crippen LogP contribution in [0, 0.1) is 0 Å². The van der Waals surface area contributed by atoms with Crippen molar-refractivity contribution >= 4 is 17.2 Å². The molecular weight excluding hydrogens is 182 g/mol. The molecule has 70 valence electrons. The van der Waals surface area contributed by atoms with E-state index in [1.54, 1.807) is 0 Å². The summed E-state index contributed by atoms with van der Waals surface area (Å²) in [4.78, 5) is 4.75. The SMILES string of the molecule is NC(=S)CC1CCCn2cncc21. The molecule has 0 saturated heterocycles. The van der Waals surface area contributed by atoms with Gasteiger partial charge in [-0.2, -0.15) is 0 Å². The molecule has 1 aliphatic heterocycles. The molecule has 0 aliphatic carbocycles. The van der Waals surface area contributed by atoms with Crippen molar-refractivity contribution < 1.29 is 0 Å². The Labute approximate surface area is 83.0 Å². The van der Waals surface area contributed by atoms with E-state index < -0.39 is 0 Å². The van der Waals surface area contributed by atoms with E-state index in [0.29, 0.717) is 10.9 Å². The predicted molar refractivity (Wildman–Crippen MR) is 55.6 cm³/mol. The molecule has 1 atom stereocenters. The van der Waals surface area contributed by atoms with Crippen molar-refractivity contribution in [2.75, 3.05) is 0 Å². The van der Waals surface area contributed by atoms with E-state index >= 15 is 0 Å². The summed E-state index contributed by atoms with van der Waals surface area (Å²) in [5, 5.41) is 0. The second-order valence-electron chi connectivity index (χ2n) is 3.52. The van der Waals surface area contributed by atoms with E-state index in [2.05, 4.69) is 9.55 Å². The van der Waals surface area contributed by atoms with E-state index in [4.69, 9.17) is 18.0 Å². The molecule has 2 N–H and O–H groups in total. The molecule has 13 heavy (non-hydrogen) atoms. The fourth-order valence-electron chi connectivity index (χ4n) is 1.96. The molecule has 2 rings (SSSR count). The van der Waals surface area contributed by atoms with Crippen molar-refractivity contribution in [1.82, 2.24) is 9.55 Å². The molecule has 1 aromatic rings. The van der Waals surface area contributed by atoms with Gasteiger partial charge >= 0.3 is 0 Å². The van der Waals surface area contributed by atoms with Crippen LogP contribution in [0.5, 0.6) is 0 Å². The van der Waals surface area contributed by atoms with Crippen LogP contribution in [0.4, 0.5) is 0 Å². The molecule has 4 heteroatoms. The fourth-order valence-corrected chi connectivity index (χ4v) is 2.16. The highest BCUT2D eigenvalue weighted by Crippen LogP contribution is 2.29. The van der Waals surface area contributed by atoms with Crippen molar-refractivity contribution in [2.45, 2.75) is 31.7 Å². The first-order valence-corrected chi connectivity index (χ1v) is 4.96. The topological polar surface area (TPSA) is 43.8 Å². The average Bonchev–Trinajstić information content (AvgIpc) is 2.51. The summed E-state index contributed by atoms with van der Waals surface area (Å²) in [5.74, 6) is 0.494. The number of aryl methyl sites for hydroxylation is 1. The lowest BCUT2D eigenvalue weighted by atomic mass is 9.93. The maximum atomic E-state index is 5.55. The molecule has 0 spiro atoms. The molecule has 0 amide bonds. The average molecular weight is 195 g/mol. The molecule has 0 fully saturated rings. The van der Waals surface area contributed by atoms with Gasteiger partial charge < -0.3 is 10.3 Å². The van der Waals surface area contributed by atoms with Crippen LogP contribution in [-0.4, -0.2) is 14.5 Å². The Bertz CT molecular complexity index is 318.